The summed E-state index contributed by atoms with van der Waals surface area (Å²) in [6, 6.07) is 13.8. The van der Waals surface area contributed by atoms with Crippen molar-refractivity contribution in [2.75, 3.05) is 5.32 Å². The molecule has 0 amide bonds. The number of furan rings is 1. The van der Waals surface area contributed by atoms with Crippen LogP contribution >= 0.6 is 11.3 Å². The van der Waals surface area contributed by atoms with E-state index in [1.54, 1.807) is 17.4 Å². The minimum atomic E-state index is 0.347. The van der Waals surface area contributed by atoms with Crippen molar-refractivity contribution in [3.63, 3.8) is 0 Å². The van der Waals surface area contributed by atoms with Crippen LogP contribution < -0.4 is 5.32 Å². The first-order valence-electron chi connectivity index (χ1n) is 5.55. The maximum Gasteiger partial charge on any atom is 0.203 e. The third-order valence-corrected chi connectivity index (χ3v) is 3.59. The Balaban J connectivity index is 1.74. The number of nitrogens with one attached hydrogen (secondary N) is 1. The molecule has 0 fully saturated rings. The lowest BCUT2D eigenvalue weighted by atomic mass is 10.2. The van der Waals surface area contributed by atoms with Gasteiger partial charge in [-0.2, -0.15) is 5.26 Å². The first-order chi connectivity index (χ1) is 8.85. The molecule has 88 valence electrons. The fourth-order valence-electron chi connectivity index (χ4n) is 1.80. The Morgan fingerprint density at radius 2 is 2.17 bits per heavy atom. The molecule has 2 heterocycles. The van der Waals surface area contributed by atoms with Gasteiger partial charge in [-0.05, 0) is 47.2 Å². The van der Waals surface area contributed by atoms with Crippen molar-refractivity contribution in [3.8, 4) is 6.07 Å². The number of nitriles is 1. The molecule has 18 heavy (non-hydrogen) atoms. The van der Waals surface area contributed by atoms with Crippen LogP contribution in [-0.2, 0) is 6.54 Å². The van der Waals surface area contributed by atoms with Crippen molar-refractivity contribution < 1.29 is 4.42 Å². The highest BCUT2D eigenvalue weighted by molar-refractivity contribution is 7.17. The Labute approximate surface area is 108 Å². The van der Waals surface area contributed by atoms with Gasteiger partial charge in [0.15, 0.2) is 0 Å². The maximum atomic E-state index is 8.67. The van der Waals surface area contributed by atoms with Gasteiger partial charge in [0.1, 0.15) is 11.8 Å². The average Bonchev–Trinajstić information content (AvgIpc) is 3.04. The van der Waals surface area contributed by atoms with Crippen LogP contribution in [-0.4, -0.2) is 0 Å². The molecular formula is C14H10N2OS. The van der Waals surface area contributed by atoms with Gasteiger partial charge >= 0.3 is 0 Å². The Bertz CT molecular complexity index is 721. The van der Waals surface area contributed by atoms with Crippen molar-refractivity contribution in [1.82, 2.24) is 0 Å². The van der Waals surface area contributed by atoms with E-state index >= 15 is 0 Å². The van der Waals surface area contributed by atoms with Crippen LogP contribution in [0, 0.1) is 11.3 Å². The van der Waals surface area contributed by atoms with Crippen LogP contribution in [0.1, 0.15) is 11.5 Å². The molecule has 0 saturated heterocycles. The van der Waals surface area contributed by atoms with E-state index in [0.717, 1.165) is 11.4 Å². The van der Waals surface area contributed by atoms with Crippen LogP contribution in [0.2, 0.25) is 0 Å². The fraction of sp³-hybridized carbons (Fsp3) is 0.0714. The summed E-state index contributed by atoms with van der Waals surface area (Å²) in [5.74, 6) is 1.11. The molecule has 3 aromatic rings. The first kappa shape index (κ1) is 10.9. The molecule has 4 heteroatoms. The first-order valence-corrected chi connectivity index (χ1v) is 6.43. The summed E-state index contributed by atoms with van der Waals surface area (Å²) in [6.07, 6.45) is 0. The Kier molecular flexibility index (Phi) is 2.75. The summed E-state index contributed by atoms with van der Waals surface area (Å²) >= 11 is 1.73. The zero-order valence-electron chi connectivity index (χ0n) is 9.51. The van der Waals surface area contributed by atoms with E-state index in [1.165, 1.54) is 10.1 Å². The highest BCUT2D eigenvalue weighted by Crippen LogP contribution is 2.24. The predicted molar refractivity (Wildman–Crippen MR) is 72.6 cm³/mol. The van der Waals surface area contributed by atoms with E-state index in [0.29, 0.717) is 12.3 Å². The Hall–Kier alpha value is -2.25. The van der Waals surface area contributed by atoms with Gasteiger partial charge in [-0.15, -0.1) is 11.3 Å². The number of anilines is 1. The smallest absolute Gasteiger partial charge is 0.203 e. The molecule has 3 rings (SSSR count). The quantitative estimate of drug-likeness (QED) is 0.769. The number of fused-ring (bicyclic) bond motifs is 1. The van der Waals surface area contributed by atoms with Gasteiger partial charge in [-0.1, -0.05) is 0 Å². The van der Waals surface area contributed by atoms with Gasteiger partial charge in [-0.3, -0.25) is 0 Å². The second kappa shape index (κ2) is 4.55. The normalized spacial score (nSPS) is 10.4. The highest BCUT2D eigenvalue weighted by atomic mass is 32.1. The molecule has 3 nitrogen and oxygen atoms in total. The van der Waals surface area contributed by atoms with Gasteiger partial charge < -0.3 is 9.73 Å². The van der Waals surface area contributed by atoms with E-state index in [9.17, 15) is 0 Å². The van der Waals surface area contributed by atoms with E-state index < -0.39 is 0 Å². The van der Waals surface area contributed by atoms with E-state index in [4.69, 9.17) is 9.68 Å². The number of hydrogen-bond acceptors (Lipinski definition) is 4. The summed E-state index contributed by atoms with van der Waals surface area (Å²) in [7, 11) is 0. The molecule has 0 aliphatic rings. The molecule has 0 spiro atoms. The van der Waals surface area contributed by atoms with Crippen LogP contribution in [0.15, 0.2) is 46.2 Å². The largest absolute Gasteiger partial charge is 0.449 e. The molecular weight excluding hydrogens is 244 g/mol. The third-order valence-electron chi connectivity index (χ3n) is 2.69. The summed E-state index contributed by atoms with van der Waals surface area (Å²) in [5.41, 5.74) is 1.05. The predicted octanol–water partition coefficient (Wildman–Crippen LogP) is 3.98. The summed E-state index contributed by atoms with van der Waals surface area (Å²) in [4.78, 5) is 0. The van der Waals surface area contributed by atoms with Crippen LogP contribution in [0.5, 0.6) is 0 Å². The minimum Gasteiger partial charge on any atom is -0.449 e. The van der Waals surface area contributed by atoms with E-state index in [2.05, 4.69) is 28.9 Å². The van der Waals surface area contributed by atoms with Gasteiger partial charge in [0.05, 0.1) is 6.54 Å². The topological polar surface area (TPSA) is 49.0 Å². The summed E-state index contributed by atoms with van der Waals surface area (Å²) < 4.78 is 6.59. The number of hydrogen-bond donors (Lipinski definition) is 1. The molecule has 0 atom stereocenters. The molecule has 1 aromatic carbocycles. The molecule has 0 radical (unpaired) electrons. The van der Waals surface area contributed by atoms with Crippen LogP contribution in [0.25, 0.3) is 10.1 Å². The minimum absolute atomic E-state index is 0.347. The third kappa shape index (κ3) is 2.08. The molecule has 0 unspecified atom stereocenters. The monoisotopic (exact) mass is 254 g/mol. The average molecular weight is 254 g/mol. The van der Waals surface area contributed by atoms with Crippen molar-refractivity contribution in [2.24, 2.45) is 0 Å². The fourth-order valence-corrected chi connectivity index (χ4v) is 2.57. The molecule has 0 aliphatic heterocycles. The zero-order chi connectivity index (χ0) is 12.4. The maximum absolute atomic E-state index is 8.67. The highest BCUT2D eigenvalue weighted by Gasteiger charge is 2.01. The number of thiophene rings is 1. The lowest BCUT2D eigenvalue weighted by molar-refractivity contribution is 0.506. The van der Waals surface area contributed by atoms with Crippen molar-refractivity contribution in [3.05, 3.63) is 53.3 Å². The van der Waals surface area contributed by atoms with Crippen LogP contribution in [0.4, 0.5) is 5.69 Å². The summed E-state index contributed by atoms with van der Waals surface area (Å²) in [6.45, 7) is 0.581. The number of benzene rings is 1. The van der Waals surface area contributed by atoms with Gasteiger partial charge in [0, 0.05) is 10.4 Å². The standard InChI is InChI=1S/C14H10N2OS/c15-8-12-2-3-13(17-12)9-16-11-1-4-14-10(7-11)5-6-18-14/h1-7,16H,9H2. The lowest BCUT2D eigenvalue weighted by Gasteiger charge is -2.04. The van der Waals surface area contributed by atoms with Gasteiger partial charge in [0.25, 0.3) is 0 Å². The molecule has 0 aliphatic carbocycles. The second-order valence-electron chi connectivity index (χ2n) is 3.90. The Morgan fingerprint density at radius 3 is 3.00 bits per heavy atom. The molecule has 0 saturated carbocycles. The van der Waals surface area contributed by atoms with Gasteiger partial charge in [0.2, 0.25) is 5.76 Å². The second-order valence-corrected chi connectivity index (χ2v) is 4.85. The zero-order valence-corrected chi connectivity index (χ0v) is 10.3. The van der Waals surface area contributed by atoms with Crippen molar-refractivity contribution >= 4 is 27.1 Å². The summed E-state index contributed by atoms with van der Waals surface area (Å²) in [5, 5.41) is 15.3. The Morgan fingerprint density at radius 1 is 1.22 bits per heavy atom. The van der Waals surface area contributed by atoms with Crippen molar-refractivity contribution in [1.29, 1.82) is 5.26 Å². The van der Waals surface area contributed by atoms with Gasteiger partial charge in [-0.25, -0.2) is 0 Å². The molecule has 1 N–H and O–H groups in total. The van der Waals surface area contributed by atoms with E-state index in [1.807, 2.05) is 18.2 Å². The number of nitrogens with zero attached hydrogens (tertiary/aromatic N) is 1. The van der Waals surface area contributed by atoms with Crippen molar-refractivity contribution in [2.45, 2.75) is 6.54 Å². The number of rotatable bonds is 3. The molecule has 0 bridgehead atoms. The molecule has 2 aromatic heterocycles. The SMILES string of the molecule is N#Cc1ccc(CNc2ccc3sccc3c2)o1. The van der Waals surface area contributed by atoms with E-state index in [-0.39, 0.29) is 0 Å². The van der Waals surface area contributed by atoms with Crippen LogP contribution in [0.3, 0.4) is 0 Å². The lowest BCUT2D eigenvalue weighted by Crippen LogP contribution is -1.97.